The highest BCUT2D eigenvalue weighted by atomic mass is 35.5. The van der Waals surface area contributed by atoms with Gasteiger partial charge >= 0.3 is 0 Å². The van der Waals surface area contributed by atoms with E-state index in [-0.39, 0.29) is 5.96 Å². The Kier molecular flexibility index (Phi) is 3.59. The molecule has 1 aromatic rings. The van der Waals surface area contributed by atoms with Crippen molar-refractivity contribution in [3.63, 3.8) is 0 Å². The highest BCUT2D eigenvalue weighted by Crippen LogP contribution is 2.23. The van der Waals surface area contributed by atoms with Crippen LogP contribution < -0.4 is 16.2 Å². The van der Waals surface area contributed by atoms with Gasteiger partial charge in [0.25, 0.3) is 0 Å². The van der Waals surface area contributed by atoms with Crippen LogP contribution in [0.2, 0.25) is 5.02 Å². The van der Waals surface area contributed by atoms with Gasteiger partial charge in [-0.1, -0.05) is 17.7 Å². The van der Waals surface area contributed by atoms with Crippen molar-refractivity contribution in [1.82, 2.24) is 0 Å². The third-order valence-electron chi connectivity index (χ3n) is 1.68. The van der Waals surface area contributed by atoms with Crippen LogP contribution in [0.15, 0.2) is 23.2 Å². The second kappa shape index (κ2) is 4.72. The van der Waals surface area contributed by atoms with E-state index in [4.69, 9.17) is 27.8 Å². The first-order chi connectivity index (χ1) is 6.63. The molecule has 0 amide bonds. The summed E-state index contributed by atoms with van der Waals surface area (Å²) in [6, 6.07) is 5.31. The standard InChI is InChI=1S/C9H12ClN3O/c1-14-8-4-7(10)3-2-6(8)5-13-9(11)12/h2-4H,5H2,1H3,(H4,11,12,13). The van der Waals surface area contributed by atoms with E-state index in [1.54, 1.807) is 19.2 Å². The predicted molar refractivity (Wildman–Crippen MR) is 57.5 cm³/mol. The number of hydrogen-bond acceptors (Lipinski definition) is 2. The van der Waals surface area contributed by atoms with Gasteiger partial charge in [0.2, 0.25) is 0 Å². The van der Waals surface area contributed by atoms with Crippen molar-refractivity contribution in [3.8, 4) is 5.75 Å². The van der Waals surface area contributed by atoms with Gasteiger partial charge in [-0.3, -0.25) is 0 Å². The summed E-state index contributed by atoms with van der Waals surface area (Å²) in [5.74, 6) is 0.740. The molecule has 0 atom stereocenters. The fourth-order valence-corrected chi connectivity index (χ4v) is 1.19. The second-order valence-electron chi connectivity index (χ2n) is 2.70. The van der Waals surface area contributed by atoms with E-state index in [1.165, 1.54) is 0 Å². The molecule has 5 heteroatoms. The first-order valence-corrected chi connectivity index (χ1v) is 4.39. The Balaban J connectivity index is 2.91. The largest absolute Gasteiger partial charge is 0.496 e. The highest BCUT2D eigenvalue weighted by molar-refractivity contribution is 6.30. The van der Waals surface area contributed by atoms with Gasteiger partial charge in [-0.05, 0) is 12.1 Å². The van der Waals surface area contributed by atoms with Gasteiger partial charge in [-0.2, -0.15) is 0 Å². The van der Waals surface area contributed by atoms with Crippen molar-refractivity contribution in [2.45, 2.75) is 6.54 Å². The predicted octanol–water partition coefficient (Wildman–Crippen LogP) is 1.12. The molecule has 0 bridgehead atoms. The van der Waals surface area contributed by atoms with Crippen molar-refractivity contribution < 1.29 is 4.74 Å². The lowest BCUT2D eigenvalue weighted by Crippen LogP contribution is -2.22. The van der Waals surface area contributed by atoms with Crippen molar-refractivity contribution in [1.29, 1.82) is 0 Å². The molecule has 0 aliphatic heterocycles. The molecule has 1 rings (SSSR count). The van der Waals surface area contributed by atoms with Crippen LogP contribution in [0.4, 0.5) is 0 Å². The van der Waals surface area contributed by atoms with Crippen LogP contribution in [-0.2, 0) is 6.54 Å². The molecule has 0 fully saturated rings. The molecule has 0 saturated heterocycles. The van der Waals surface area contributed by atoms with Gasteiger partial charge in [-0.15, -0.1) is 0 Å². The third kappa shape index (κ3) is 2.81. The molecule has 4 nitrogen and oxygen atoms in total. The molecule has 0 saturated carbocycles. The smallest absolute Gasteiger partial charge is 0.186 e. The third-order valence-corrected chi connectivity index (χ3v) is 1.92. The lowest BCUT2D eigenvalue weighted by Gasteiger charge is -2.06. The Morgan fingerprint density at radius 3 is 2.79 bits per heavy atom. The molecule has 0 aromatic heterocycles. The number of halogens is 1. The van der Waals surface area contributed by atoms with Gasteiger partial charge < -0.3 is 16.2 Å². The van der Waals surface area contributed by atoms with E-state index in [1.807, 2.05) is 6.07 Å². The molecular formula is C9H12ClN3O. The van der Waals surface area contributed by atoms with Crippen molar-refractivity contribution in [2.24, 2.45) is 16.5 Å². The Morgan fingerprint density at radius 2 is 2.21 bits per heavy atom. The average molecular weight is 214 g/mol. The quantitative estimate of drug-likeness (QED) is 0.584. The van der Waals surface area contributed by atoms with Crippen molar-refractivity contribution in [2.75, 3.05) is 7.11 Å². The zero-order valence-corrected chi connectivity index (χ0v) is 8.58. The van der Waals surface area contributed by atoms with Crippen LogP contribution in [0.1, 0.15) is 5.56 Å². The van der Waals surface area contributed by atoms with E-state index in [2.05, 4.69) is 4.99 Å². The Hall–Kier alpha value is -1.42. The maximum Gasteiger partial charge on any atom is 0.186 e. The number of nitrogens with zero attached hydrogens (tertiary/aromatic N) is 1. The minimum atomic E-state index is 0.0574. The molecule has 0 unspecified atom stereocenters. The Labute approximate surface area is 87.5 Å². The summed E-state index contributed by atoms with van der Waals surface area (Å²) in [6.45, 7) is 0.392. The number of benzene rings is 1. The molecular weight excluding hydrogens is 202 g/mol. The monoisotopic (exact) mass is 213 g/mol. The zero-order valence-electron chi connectivity index (χ0n) is 7.83. The number of aliphatic imine (C=N–C) groups is 1. The van der Waals surface area contributed by atoms with E-state index in [0.717, 1.165) is 5.56 Å². The fraction of sp³-hybridized carbons (Fsp3) is 0.222. The lowest BCUT2D eigenvalue weighted by atomic mass is 10.2. The Bertz CT molecular complexity index is 348. The highest BCUT2D eigenvalue weighted by Gasteiger charge is 2.02. The first kappa shape index (κ1) is 10.7. The molecule has 0 aliphatic carbocycles. The van der Waals surface area contributed by atoms with Crippen molar-refractivity contribution in [3.05, 3.63) is 28.8 Å². The summed E-state index contributed by atoms with van der Waals surface area (Å²) in [4.78, 5) is 3.88. The summed E-state index contributed by atoms with van der Waals surface area (Å²) in [5, 5.41) is 0.621. The number of guanidine groups is 1. The normalized spacial score (nSPS) is 9.57. The minimum Gasteiger partial charge on any atom is -0.496 e. The van der Waals surface area contributed by atoms with Gasteiger partial charge in [-0.25, -0.2) is 4.99 Å². The van der Waals surface area contributed by atoms with Crippen LogP contribution in [0.25, 0.3) is 0 Å². The molecule has 1 aromatic carbocycles. The fourth-order valence-electron chi connectivity index (χ4n) is 1.03. The second-order valence-corrected chi connectivity index (χ2v) is 3.13. The van der Waals surface area contributed by atoms with Gasteiger partial charge in [0.15, 0.2) is 5.96 Å². The number of nitrogens with two attached hydrogens (primary N) is 2. The van der Waals surface area contributed by atoms with E-state index < -0.39 is 0 Å². The number of hydrogen-bond donors (Lipinski definition) is 2. The maximum atomic E-state index is 5.79. The molecule has 0 heterocycles. The van der Waals surface area contributed by atoms with Gasteiger partial charge in [0.1, 0.15) is 5.75 Å². The lowest BCUT2D eigenvalue weighted by molar-refractivity contribution is 0.410. The summed E-state index contributed by atoms with van der Waals surface area (Å²) >= 11 is 5.79. The summed E-state index contributed by atoms with van der Waals surface area (Å²) in [6.07, 6.45) is 0. The Morgan fingerprint density at radius 1 is 1.50 bits per heavy atom. The molecule has 4 N–H and O–H groups in total. The van der Waals surface area contributed by atoms with E-state index in [9.17, 15) is 0 Å². The number of methoxy groups -OCH3 is 1. The molecule has 76 valence electrons. The number of rotatable bonds is 3. The van der Waals surface area contributed by atoms with Crippen LogP contribution in [0.5, 0.6) is 5.75 Å². The minimum absolute atomic E-state index is 0.0574. The number of ether oxygens (including phenoxy) is 1. The molecule has 0 aliphatic rings. The van der Waals surface area contributed by atoms with Crippen LogP contribution in [0.3, 0.4) is 0 Å². The summed E-state index contributed by atoms with van der Waals surface area (Å²) in [5.41, 5.74) is 11.3. The zero-order chi connectivity index (χ0) is 10.6. The van der Waals surface area contributed by atoms with Crippen LogP contribution >= 0.6 is 11.6 Å². The van der Waals surface area contributed by atoms with Crippen LogP contribution in [-0.4, -0.2) is 13.1 Å². The summed E-state index contributed by atoms with van der Waals surface area (Å²) in [7, 11) is 1.57. The van der Waals surface area contributed by atoms with E-state index in [0.29, 0.717) is 17.3 Å². The summed E-state index contributed by atoms with van der Waals surface area (Å²) < 4.78 is 5.12. The van der Waals surface area contributed by atoms with Gasteiger partial charge in [0.05, 0.1) is 13.7 Å². The maximum absolute atomic E-state index is 5.79. The molecule has 0 spiro atoms. The SMILES string of the molecule is COc1cc(Cl)ccc1CN=C(N)N. The van der Waals surface area contributed by atoms with Crippen molar-refractivity contribution >= 4 is 17.6 Å². The topological polar surface area (TPSA) is 73.6 Å². The van der Waals surface area contributed by atoms with Gasteiger partial charge in [0, 0.05) is 10.6 Å². The van der Waals surface area contributed by atoms with E-state index >= 15 is 0 Å². The molecule has 14 heavy (non-hydrogen) atoms. The van der Waals surface area contributed by atoms with Crippen LogP contribution in [0, 0.1) is 0 Å². The first-order valence-electron chi connectivity index (χ1n) is 4.01. The average Bonchev–Trinajstić information content (AvgIpc) is 2.15. The molecule has 0 radical (unpaired) electrons.